The maximum Gasteiger partial charge on any atom is 0.421 e. The smallest absolute Gasteiger partial charge is 0.421 e. The van der Waals surface area contributed by atoms with Gasteiger partial charge < -0.3 is 9.64 Å². The molecule has 2 aromatic rings. The highest BCUT2D eigenvalue weighted by Gasteiger charge is 2.36. The summed E-state index contributed by atoms with van der Waals surface area (Å²) in [7, 11) is 1.55. The van der Waals surface area contributed by atoms with Crippen LogP contribution in [-0.4, -0.2) is 23.6 Å². The molecule has 1 aromatic carbocycles. The van der Waals surface area contributed by atoms with Gasteiger partial charge in [0.15, 0.2) is 5.82 Å². The monoisotopic (exact) mass is 325 g/mol. The molecule has 1 heterocycles. The van der Waals surface area contributed by atoms with Crippen molar-refractivity contribution in [1.29, 1.82) is 0 Å². The number of nitrogens with zero attached hydrogens (tertiary/aromatic N) is 3. The van der Waals surface area contributed by atoms with E-state index in [1.165, 1.54) is 4.90 Å². The highest BCUT2D eigenvalue weighted by molar-refractivity contribution is 5.65. The van der Waals surface area contributed by atoms with Crippen LogP contribution < -0.4 is 9.64 Å². The van der Waals surface area contributed by atoms with E-state index in [0.717, 1.165) is 11.8 Å². The molecule has 0 aliphatic carbocycles. The van der Waals surface area contributed by atoms with Crippen LogP contribution in [0.5, 0.6) is 6.01 Å². The van der Waals surface area contributed by atoms with Gasteiger partial charge in [0.25, 0.3) is 0 Å². The Balaban J connectivity index is 2.50. The van der Waals surface area contributed by atoms with Crippen molar-refractivity contribution < 1.29 is 17.9 Å². The minimum atomic E-state index is -4.55. The fourth-order valence-electron chi connectivity index (χ4n) is 2.13. The van der Waals surface area contributed by atoms with Crippen LogP contribution in [-0.2, 0) is 6.18 Å². The van der Waals surface area contributed by atoms with Gasteiger partial charge in [0.1, 0.15) is 5.56 Å². The Morgan fingerprint density at radius 1 is 1.22 bits per heavy atom. The van der Waals surface area contributed by atoms with E-state index in [4.69, 9.17) is 4.74 Å². The minimum Gasteiger partial charge on any atom is -0.463 e. The maximum absolute atomic E-state index is 13.3. The van der Waals surface area contributed by atoms with Gasteiger partial charge >= 0.3 is 12.2 Å². The molecule has 23 heavy (non-hydrogen) atoms. The van der Waals surface area contributed by atoms with Crippen LogP contribution in [0, 0.1) is 6.92 Å². The number of para-hydroxylation sites is 1. The minimum absolute atomic E-state index is 0.0599. The number of halogens is 3. The van der Waals surface area contributed by atoms with E-state index in [2.05, 4.69) is 9.97 Å². The first-order valence-corrected chi connectivity index (χ1v) is 7.21. The topological polar surface area (TPSA) is 38.2 Å². The highest BCUT2D eigenvalue weighted by Crippen LogP contribution is 2.38. The molecule has 0 bridgehead atoms. The van der Waals surface area contributed by atoms with Gasteiger partial charge in [-0.2, -0.15) is 18.2 Å². The molecule has 2 rings (SSSR count). The number of hydrogen-bond acceptors (Lipinski definition) is 4. The van der Waals surface area contributed by atoms with Crippen LogP contribution >= 0.6 is 0 Å². The number of rotatable bonds is 5. The van der Waals surface area contributed by atoms with Crippen molar-refractivity contribution in [3.05, 3.63) is 41.6 Å². The van der Waals surface area contributed by atoms with E-state index in [-0.39, 0.29) is 11.8 Å². The fraction of sp³-hybridized carbons (Fsp3) is 0.375. The Hall–Kier alpha value is -2.31. The zero-order chi connectivity index (χ0) is 17.0. The second-order valence-corrected chi connectivity index (χ2v) is 5.08. The van der Waals surface area contributed by atoms with Crippen LogP contribution in [0.4, 0.5) is 24.7 Å². The molecule has 4 nitrogen and oxygen atoms in total. The Morgan fingerprint density at radius 3 is 2.52 bits per heavy atom. The van der Waals surface area contributed by atoms with Gasteiger partial charge in [0.05, 0.1) is 6.61 Å². The number of ether oxygens (including phenoxy) is 1. The molecule has 0 saturated carbocycles. The van der Waals surface area contributed by atoms with Gasteiger partial charge in [-0.25, -0.2) is 4.98 Å². The second-order valence-electron chi connectivity index (χ2n) is 5.08. The van der Waals surface area contributed by atoms with Crippen LogP contribution in [0.25, 0.3) is 0 Å². The van der Waals surface area contributed by atoms with E-state index >= 15 is 0 Å². The molecule has 0 aliphatic heterocycles. The number of alkyl halides is 3. The lowest BCUT2D eigenvalue weighted by Gasteiger charge is -2.24. The molecule has 0 saturated heterocycles. The SMILES string of the molecule is CCCOc1ncc(C(F)(F)F)c(N(C)c2ccccc2C)n1. The van der Waals surface area contributed by atoms with Crippen molar-refractivity contribution in [3.8, 4) is 6.01 Å². The third kappa shape index (κ3) is 3.91. The Bertz CT molecular complexity index is 674. The van der Waals surface area contributed by atoms with Crippen molar-refractivity contribution in [2.45, 2.75) is 26.4 Å². The van der Waals surface area contributed by atoms with Gasteiger partial charge in [-0.1, -0.05) is 25.1 Å². The largest absolute Gasteiger partial charge is 0.463 e. The first-order valence-electron chi connectivity index (χ1n) is 7.21. The second kappa shape index (κ2) is 6.85. The van der Waals surface area contributed by atoms with Crippen molar-refractivity contribution in [3.63, 3.8) is 0 Å². The lowest BCUT2D eigenvalue weighted by atomic mass is 10.1. The predicted molar refractivity (Wildman–Crippen MR) is 82.1 cm³/mol. The zero-order valence-electron chi connectivity index (χ0n) is 13.2. The van der Waals surface area contributed by atoms with Crippen LogP contribution in [0.3, 0.4) is 0 Å². The number of aryl methyl sites for hydroxylation is 1. The summed E-state index contributed by atoms with van der Waals surface area (Å²) >= 11 is 0. The maximum atomic E-state index is 13.3. The summed E-state index contributed by atoms with van der Waals surface area (Å²) in [4.78, 5) is 9.03. The molecule has 0 unspecified atom stereocenters. The van der Waals surface area contributed by atoms with Crippen molar-refractivity contribution in [2.24, 2.45) is 0 Å². The summed E-state index contributed by atoms with van der Waals surface area (Å²) in [5, 5.41) is 0. The molecule has 0 atom stereocenters. The standard InChI is InChI=1S/C16H18F3N3O/c1-4-9-23-15-20-10-12(16(17,18)19)14(21-15)22(3)13-8-6-5-7-11(13)2/h5-8,10H,4,9H2,1-3H3. The van der Waals surface area contributed by atoms with E-state index in [9.17, 15) is 13.2 Å². The van der Waals surface area contributed by atoms with Crippen molar-refractivity contribution >= 4 is 11.5 Å². The average molecular weight is 325 g/mol. The molecule has 0 amide bonds. The molecular formula is C16H18F3N3O. The Labute approximate surface area is 132 Å². The van der Waals surface area contributed by atoms with Crippen molar-refractivity contribution in [1.82, 2.24) is 9.97 Å². The molecule has 0 N–H and O–H groups in total. The zero-order valence-corrected chi connectivity index (χ0v) is 13.2. The fourth-order valence-corrected chi connectivity index (χ4v) is 2.13. The molecule has 0 radical (unpaired) electrons. The number of hydrogen-bond donors (Lipinski definition) is 0. The van der Waals surface area contributed by atoms with Crippen LogP contribution in [0.1, 0.15) is 24.5 Å². The van der Waals surface area contributed by atoms with Gasteiger partial charge in [-0.15, -0.1) is 0 Å². The molecule has 0 spiro atoms. The van der Waals surface area contributed by atoms with Gasteiger partial charge in [-0.05, 0) is 25.0 Å². The van der Waals surface area contributed by atoms with Gasteiger partial charge in [0.2, 0.25) is 0 Å². The summed E-state index contributed by atoms with van der Waals surface area (Å²) in [6, 6.07) is 7.10. The van der Waals surface area contributed by atoms with E-state index < -0.39 is 11.7 Å². The normalized spacial score (nSPS) is 11.4. The Kier molecular flexibility index (Phi) is 5.08. The highest BCUT2D eigenvalue weighted by atomic mass is 19.4. The molecule has 0 fully saturated rings. The van der Waals surface area contributed by atoms with E-state index in [0.29, 0.717) is 18.7 Å². The predicted octanol–water partition coefficient (Wildman–Crippen LogP) is 4.36. The Morgan fingerprint density at radius 2 is 1.91 bits per heavy atom. The lowest BCUT2D eigenvalue weighted by molar-refractivity contribution is -0.137. The quantitative estimate of drug-likeness (QED) is 0.818. The summed E-state index contributed by atoms with van der Waals surface area (Å²) in [5.74, 6) is -0.229. The molecule has 7 heteroatoms. The van der Waals surface area contributed by atoms with Crippen LogP contribution in [0.2, 0.25) is 0 Å². The third-order valence-electron chi connectivity index (χ3n) is 3.28. The summed E-state index contributed by atoms with van der Waals surface area (Å²) in [6.45, 7) is 4.07. The number of benzene rings is 1. The van der Waals surface area contributed by atoms with E-state index in [1.54, 1.807) is 19.2 Å². The molecule has 124 valence electrons. The molecular weight excluding hydrogens is 307 g/mol. The average Bonchev–Trinajstić information content (AvgIpc) is 2.51. The number of aromatic nitrogens is 2. The van der Waals surface area contributed by atoms with Gasteiger partial charge in [-0.3, -0.25) is 0 Å². The summed E-state index contributed by atoms with van der Waals surface area (Å²) in [5.41, 5.74) is 0.586. The molecule has 0 aliphatic rings. The first kappa shape index (κ1) is 17.1. The lowest BCUT2D eigenvalue weighted by Crippen LogP contribution is -2.20. The molecule has 1 aromatic heterocycles. The van der Waals surface area contributed by atoms with Gasteiger partial charge in [0, 0.05) is 18.9 Å². The van der Waals surface area contributed by atoms with E-state index in [1.807, 2.05) is 26.0 Å². The van der Waals surface area contributed by atoms with Crippen LogP contribution in [0.15, 0.2) is 30.5 Å². The first-order chi connectivity index (χ1) is 10.8. The third-order valence-corrected chi connectivity index (χ3v) is 3.28. The summed E-state index contributed by atoms with van der Waals surface area (Å²) < 4.78 is 45.0. The number of anilines is 2. The summed E-state index contributed by atoms with van der Waals surface area (Å²) in [6.07, 6.45) is -3.06. The van der Waals surface area contributed by atoms with Crippen molar-refractivity contribution in [2.75, 3.05) is 18.6 Å².